The second-order valence-corrected chi connectivity index (χ2v) is 5.41. The quantitative estimate of drug-likeness (QED) is 0.676. The molecular formula is C18H17N3O2. The molecule has 116 valence electrons. The van der Waals surface area contributed by atoms with E-state index in [2.05, 4.69) is 10.1 Å². The molecule has 3 aromatic rings. The molecule has 0 bridgehead atoms. The number of ketones is 1. The maximum absolute atomic E-state index is 12.3. The zero-order valence-electron chi connectivity index (χ0n) is 13.1. The number of nitrogens with zero attached hydrogens (tertiary/aromatic N) is 3. The lowest BCUT2D eigenvalue weighted by molar-refractivity contribution is 0.0967. The second-order valence-electron chi connectivity index (χ2n) is 5.41. The van der Waals surface area contributed by atoms with Gasteiger partial charge in [0.15, 0.2) is 5.78 Å². The van der Waals surface area contributed by atoms with E-state index in [4.69, 9.17) is 4.74 Å². The van der Waals surface area contributed by atoms with Crippen molar-refractivity contribution >= 4 is 5.78 Å². The van der Waals surface area contributed by atoms with Crippen molar-refractivity contribution in [1.82, 2.24) is 14.8 Å². The number of aromatic nitrogens is 3. The molecule has 0 aliphatic rings. The largest absolute Gasteiger partial charge is 0.457 e. The number of benzene rings is 2. The molecule has 0 saturated heterocycles. The maximum atomic E-state index is 12.3. The molecule has 0 fully saturated rings. The van der Waals surface area contributed by atoms with Crippen molar-refractivity contribution in [3.8, 4) is 11.5 Å². The molecule has 1 aromatic heterocycles. The summed E-state index contributed by atoms with van der Waals surface area (Å²) >= 11 is 0. The van der Waals surface area contributed by atoms with Gasteiger partial charge in [0.1, 0.15) is 30.7 Å². The number of hydrogen-bond donors (Lipinski definition) is 0. The Balaban J connectivity index is 1.75. The normalized spacial score (nSPS) is 10.5. The molecule has 0 amide bonds. The Hall–Kier alpha value is -2.95. The Labute approximate surface area is 134 Å². The van der Waals surface area contributed by atoms with Crippen LogP contribution in [0.4, 0.5) is 0 Å². The van der Waals surface area contributed by atoms with Gasteiger partial charge in [-0.2, -0.15) is 5.10 Å². The topological polar surface area (TPSA) is 57.0 Å². The van der Waals surface area contributed by atoms with Gasteiger partial charge < -0.3 is 4.74 Å². The van der Waals surface area contributed by atoms with Crippen LogP contribution in [0.3, 0.4) is 0 Å². The Morgan fingerprint density at radius 1 is 1.09 bits per heavy atom. The summed E-state index contributed by atoms with van der Waals surface area (Å²) in [7, 11) is 0. The van der Waals surface area contributed by atoms with Crippen LogP contribution in [0, 0.1) is 13.8 Å². The lowest BCUT2D eigenvalue weighted by Crippen LogP contribution is -2.12. The van der Waals surface area contributed by atoms with Gasteiger partial charge in [0.2, 0.25) is 0 Å². The molecule has 0 N–H and O–H groups in total. The highest BCUT2D eigenvalue weighted by Gasteiger charge is 2.11. The van der Waals surface area contributed by atoms with Crippen molar-refractivity contribution in [2.75, 3.05) is 0 Å². The van der Waals surface area contributed by atoms with Crippen LogP contribution in [0.2, 0.25) is 0 Å². The second kappa shape index (κ2) is 6.44. The van der Waals surface area contributed by atoms with Crippen molar-refractivity contribution in [3.63, 3.8) is 0 Å². The Bertz CT molecular complexity index is 809. The number of carbonyl (C=O) groups excluding carboxylic acids is 1. The van der Waals surface area contributed by atoms with Crippen LogP contribution in [0.15, 0.2) is 55.1 Å². The first-order chi connectivity index (χ1) is 11.1. The van der Waals surface area contributed by atoms with Gasteiger partial charge in [-0.15, -0.1) is 0 Å². The molecule has 0 radical (unpaired) electrons. The first-order valence-electron chi connectivity index (χ1n) is 7.32. The summed E-state index contributed by atoms with van der Waals surface area (Å²) in [6.45, 7) is 4.11. The number of Topliss-reactive ketones (excluding diaryl/α,β-unsaturated/α-hetero) is 1. The molecule has 0 aliphatic heterocycles. The summed E-state index contributed by atoms with van der Waals surface area (Å²) in [6.07, 6.45) is 2.95. The Kier molecular flexibility index (Phi) is 4.19. The fourth-order valence-electron chi connectivity index (χ4n) is 2.30. The van der Waals surface area contributed by atoms with Gasteiger partial charge in [-0.25, -0.2) is 9.67 Å². The molecule has 0 saturated carbocycles. The average molecular weight is 307 g/mol. The molecule has 1 heterocycles. The highest BCUT2D eigenvalue weighted by atomic mass is 16.5. The van der Waals surface area contributed by atoms with Gasteiger partial charge in [0.05, 0.1) is 0 Å². The van der Waals surface area contributed by atoms with E-state index in [1.165, 1.54) is 22.9 Å². The van der Waals surface area contributed by atoms with E-state index in [9.17, 15) is 4.79 Å². The van der Waals surface area contributed by atoms with Crippen LogP contribution in [-0.2, 0) is 6.54 Å². The van der Waals surface area contributed by atoms with E-state index >= 15 is 0 Å². The van der Waals surface area contributed by atoms with E-state index in [-0.39, 0.29) is 12.3 Å². The summed E-state index contributed by atoms with van der Waals surface area (Å²) in [5, 5.41) is 3.95. The average Bonchev–Trinajstić information content (AvgIpc) is 3.02. The molecule has 0 unspecified atom stereocenters. The highest BCUT2D eigenvalue weighted by molar-refractivity contribution is 5.97. The summed E-state index contributed by atoms with van der Waals surface area (Å²) < 4.78 is 7.33. The molecule has 2 aromatic carbocycles. The third-order valence-corrected chi connectivity index (χ3v) is 3.53. The van der Waals surface area contributed by atoms with E-state index < -0.39 is 0 Å². The first-order valence-corrected chi connectivity index (χ1v) is 7.32. The van der Waals surface area contributed by atoms with Gasteiger partial charge in [-0.3, -0.25) is 4.79 Å². The third kappa shape index (κ3) is 3.63. The zero-order valence-corrected chi connectivity index (χ0v) is 13.1. The van der Waals surface area contributed by atoms with Gasteiger partial charge in [-0.05, 0) is 49.7 Å². The lowest BCUT2D eigenvalue weighted by Gasteiger charge is -2.10. The number of rotatable bonds is 5. The smallest absolute Gasteiger partial charge is 0.184 e. The minimum atomic E-state index is -0.00474. The molecular weight excluding hydrogens is 290 g/mol. The monoisotopic (exact) mass is 307 g/mol. The van der Waals surface area contributed by atoms with Crippen molar-refractivity contribution in [3.05, 3.63) is 71.8 Å². The van der Waals surface area contributed by atoms with E-state index in [0.717, 1.165) is 11.3 Å². The number of aryl methyl sites for hydroxylation is 2. The molecule has 0 spiro atoms. The summed E-state index contributed by atoms with van der Waals surface area (Å²) in [6, 6.07) is 13.3. The molecule has 0 atom stereocenters. The van der Waals surface area contributed by atoms with E-state index in [1.807, 2.05) is 44.2 Å². The fraction of sp³-hybridized carbons (Fsp3) is 0.167. The number of carbonyl (C=O) groups is 1. The SMILES string of the molecule is Cc1ccc(Oc2ccc(C(=O)Cn3cncn3)c(C)c2)cc1. The predicted molar refractivity (Wildman–Crippen MR) is 86.8 cm³/mol. The summed E-state index contributed by atoms with van der Waals surface area (Å²) in [4.78, 5) is 16.1. The van der Waals surface area contributed by atoms with Crippen LogP contribution in [0.5, 0.6) is 11.5 Å². The Morgan fingerprint density at radius 2 is 1.83 bits per heavy atom. The molecule has 5 heteroatoms. The fourth-order valence-corrected chi connectivity index (χ4v) is 2.30. The standard InChI is InChI=1S/C18H17N3O2/c1-13-3-5-15(6-4-13)23-16-7-8-17(14(2)9-16)18(22)10-21-12-19-11-20-21/h3-9,11-12H,10H2,1-2H3. The van der Waals surface area contributed by atoms with Gasteiger partial charge >= 0.3 is 0 Å². The predicted octanol–water partition coefficient (Wildman–Crippen LogP) is 3.57. The summed E-state index contributed by atoms with van der Waals surface area (Å²) in [5.74, 6) is 1.48. The van der Waals surface area contributed by atoms with Crippen molar-refractivity contribution in [1.29, 1.82) is 0 Å². The van der Waals surface area contributed by atoms with E-state index in [1.54, 1.807) is 12.1 Å². The highest BCUT2D eigenvalue weighted by Crippen LogP contribution is 2.24. The van der Waals surface area contributed by atoms with Crippen molar-refractivity contribution in [2.45, 2.75) is 20.4 Å². The number of ether oxygens (including phenoxy) is 1. The van der Waals surface area contributed by atoms with Crippen LogP contribution < -0.4 is 4.74 Å². The van der Waals surface area contributed by atoms with Crippen molar-refractivity contribution in [2.24, 2.45) is 0 Å². The van der Waals surface area contributed by atoms with Crippen LogP contribution in [0.1, 0.15) is 21.5 Å². The minimum absolute atomic E-state index is 0.00474. The van der Waals surface area contributed by atoms with Gasteiger partial charge in [0, 0.05) is 5.56 Å². The maximum Gasteiger partial charge on any atom is 0.184 e. The minimum Gasteiger partial charge on any atom is -0.457 e. The van der Waals surface area contributed by atoms with Gasteiger partial charge in [0.25, 0.3) is 0 Å². The van der Waals surface area contributed by atoms with Crippen molar-refractivity contribution < 1.29 is 9.53 Å². The molecule has 0 aliphatic carbocycles. The molecule has 23 heavy (non-hydrogen) atoms. The first kappa shape index (κ1) is 15.0. The Morgan fingerprint density at radius 3 is 2.48 bits per heavy atom. The van der Waals surface area contributed by atoms with Crippen LogP contribution in [-0.4, -0.2) is 20.5 Å². The van der Waals surface area contributed by atoms with Crippen LogP contribution in [0.25, 0.3) is 0 Å². The molecule has 3 rings (SSSR count). The van der Waals surface area contributed by atoms with Crippen LogP contribution >= 0.6 is 0 Å². The lowest BCUT2D eigenvalue weighted by atomic mass is 10.0. The van der Waals surface area contributed by atoms with Gasteiger partial charge in [-0.1, -0.05) is 17.7 Å². The number of hydrogen-bond acceptors (Lipinski definition) is 4. The molecule has 5 nitrogen and oxygen atoms in total. The summed E-state index contributed by atoms with van der Waals surface area (Å²) in [5.41, 5.74) is 2.72. The zero-order chi connectivity index (χ0) is 16.2. The van der Waals surface area contributed by atoms with E-state index in [0.29, 0.717) is 11.3 Å². The third-order valence-electron chi connectivity index (χ3n) is 3.53.